The van der Waals surface area contributed by atoms with E-state index in [0.29, 0.717) is 18.7 Å². The van der Waals surface area contributed by atoms with Crippen LogP contribution in [0.1, 0.15) is 101 Å². The van der Waals surface area contributed by atoms with Crippen LogP contribution in [0.3, 0.4) is 0 Å². The molecule has 1 aromatic rings. The van der Waals surface area contributed by atoms with Gasteiger partial charge in [-0.2, -0.15) is 0 Å². The van der Waals surface area contributed by atoms with E-state index in [0.717, 1.165) is 12.8 Å². The van der Waals surface area contributed by atoms with Crippen molar-refractivity contribution in [1.29, 1.82) is 0 Å². The van der Waals surface area contributed by atoms with Gasteiger partial charge in [0.05, 0.1) is 5.71 Å². The van der Waals surface area contributed by atoms with Crippen molar-refractivity contribution in [2.45, 2.75) is 85.0 Å². The lowest BCUT2D eigenvalue weighted by Gasteiger charge is -2.10. The van der Waals surface area contributed by atoms with Crippen molar-refractivity contribution in [3.63, 3.8) is 0 Å². The lowest BCUT2D eigenvalue weighted by molar-refractivity contribution is 0.0976. The van der Waals surface area contributed by atoms with Crippen LogP contribution in [0.5, 0.6) is 11.7 Å². The first-order chi connectivity index (χ1) is 13.0. The van der Waals surface area contributed by atoms with Gasteiger partial charge in [0.15, 0.2) is 5.78 Å². The Hall–Kier alpha value is -2.11. The third-order valence-electron chi connectivity index (χ3n) is 4.62. The predicted octanol–water partition coefficient (Wildman–Crippen LogP) is 4.98. The minimum atomic E-state index is -0.880. The van der Waals surface area contributed by atoms with Gasteiger partial charge in [0, 0.05) is 13.0 Å². The van der Waals surface area contributed by atoms with Crippen molar-refractivity contribution in [2.75, 3.05) is 6.54 Å². The minimum Gasteiger partial charge on any atom is -0.506 e. The first kappa shape index (κ1) is 22.9. The highest BCUT2D eigenvalue weighted by Gasteiger charge is 2.25. The number of aliphatic imine (C=N–C) groups is 1. The highest BCUT2D eigenvalue weighted by molar-refractivity contribution is 6.07. The molecule has 0 aliphatic heterocycles. The Morgan fingerprint density at radius 3 is 2.04 bits per heavy atom. The van der Waals surface area contributed by atoms with Crippen molar-refractivity contribution < 1.29 is 19.4 Å². The fourth-order valence-electron chi connectivity index (χ4n) is 3.02. The predicted molar refractivity (Wildman–Crippen MR) is 107 cm³/mol. The average Bonchev–Trinajstić information content (AvgIpc) is 2.64. The molecule has 152 valence electrons. The number of hydrogen-bond donors (Lipinski definition) is 2. The fourth-order valence-corrected chi connectivity index (χ4v) is 3.02. The summed E-state index contributed by atoms with van der Waals surface area (Å²) in [5, 5.41) is 20.1. The SMILES string of the molecule is CCCCCCCCCCN=C(CC)c1c(O)c(C(=O)CC)c(O)oc1=O. The average molecular weight is 379 g/mol. The Balaban J connectivity index is 2.77. The molecular weight excluding hydrogens is 346 g/mol. The van der Waals surface area contributed by atoms with Gasteiger partial charge in [-0.3, -0.25) is 9.79 Å². The molecule has 6 nitrogen and oxygen atoms in total. The van der Waals surface area contributed by atoms with E-state index in [2.05, 4.69) is 11.9 Å². The molecule has 2 N–H and O–H groups in total. The summed E-state index contributed by atoms with van der Waals surface area (Å²) in [6, 6.07) is 0. The first-order valence-corrected chi connectivity index (χ1v) is 10.1. The normalized spacial score (nSPS) is 11.7. The molecule has 0 aliphatic rings. The summed E-state index contributed by atoms with van der Waals surface area (Å²) in [5.41, 5.74) is -0.949. The largest absolute Gasteiger partial charge is 0.506 e. The monoisotopic (exact) mass is 379 g/mol. The van der Waals surface area contributed by atoms with Crippen LogP contribution in [-0.4, -0.2) is 28.3 Å². The van der Waals surface area contributed by atoms with Gasteiger partial charge < -0.3 is 14.6 Å². The third-order valence-corrected chi connectivity index (χ3v) is 4.62. The Morgan fingerprint density at radius 1 is 0.889 bits per heavy atom. The van der Waals surface area contributed by atoms with Crippen molar-refractivity contribution in [3.05, 3.63) is 21.5 Å². The maximum atomic E-state index is 12.1. The van der Waals surface area contributed by atoms with Crippen molar-refractivity contribution in [1.82, 2.24) is 0 Å². The number of rotatable bonds is 13. The molecule has 0 atom stereocenters. The van der Waals surface area contributed by atoms with E-state index in [9.17, 15) is 19.8 Å². The molecule has 6 heteroatoms. The Bertz CT molecular complexity index is 691. The molecule has 0 saturated carbocycles. The van der Waals surface area contributed by atoms with Crippen molar-refractivity contribution in [2.24, 2.45) is 4.99 Å². The highest BCUT2D eigenvalue weighted by atomic mass is 16.5. The van der Waals surface area contributed by atoms with Gasteiger partial charge in [-0.05, 0) is 12.8 Å². The van der Waals surface area contributed by atoms with E-state index in [1.165, 1.54) is 38.5 Å². The molecule has 0 amide bonds. The lowest BCUT2D eigenvalue weighted by Crippen LogP contribution is -2.17. The van der Waals surface area contributed by atoms with Gasteiger partial charge in [-0.25, -0.2) is 4.79 Å². The number of unbranched alkanes of at least 4 members (excludes halogenated alkanes) is 7. The van der Waals surface area contributed by atoms with Gasteiger partial charge in [0.1, 0.15) is 16.9 Å². The van der Waals surface area contributed by atoms with Gasteiger partial charge >= 0.3 is 5.63 Å². The molecule has 0 aliphatic carbocycles. The maximum absolute atomic E-state index is 12.1. The Kier molecular flexibility index (Phi) is 10.5. The second kappa shape index (κ2) is 12.3. The summed E-state index contributed by atoms with van der Waals surface area (Å²) in [6.07, 6.45) is 9.98. The number of aromatic hydroxyl groups is 2. The number of hydrogen-bond acceptors (Lipinski definition) is 6. The van der Waals surface area contributed by atoms with Gasteiger partial charge in [-0.15, -0.1) is 0 Å². The highest BCUT2D eigenvalue weighted by Crippen LogP contribution is 2.30. The molecule has 1 aromatic heterocycles. The molecule has 1 rings (SSSR count). The summed E-state index contributed by atoms with van der Waals surface area (Å²) >= 11 is 0. The lowest BCUT2D eigenvalue weighted by atomic mass is 10.0. The summed E-state index contributed by atoms with van der Waals surface area (Å²) in [6.45, 7) is 6.18. The Morgan fingerprint density at radius 2 is 1.48 bits per heavy atom. The van der Waals surface area contributed by atoms with Crippen LogP contribution in [0.4, 0.5) is 0 Å². The van der Waals surface area contributed by atoms with Gasteiger partial charge in [0.2, 0.25) is 0 Å². The summed E-state index contributed by atoms with van der Waals surface area (Å²) in [4.78, 5) is 28.5. The van der Waals surface area contributed by atoms with Crippen LogP contribution in [0.2, 0.25) is 0 Å². The zero-order valence-electron chi connectivity index (χ0n) is 16.8. The zero-order valence-corrected chi connectivity index (χ0v) is 16.8. The molecule has 27 heavy (non-hydrogen) atoms. The second-order valence-corrected chi connectivity index (χ2v) is 6.73. The third kappa shape index (κ3) is 6.85. The first-order valence-electron chi connectivity index (χ1n) is 10.1. The van der Waals surface area contributed by atoms with Crippen LogP contribution < -0.4 is 5.63 Å². The van der Waals surface area contributed by atoms with E-state index in [1.54, 1.807) is 6.92 Å². The summed E-state index contributed by atoms with van der Waals surface area (Å²) < 4.78 is 4.76. The topological polar surface area (TPSA) is 100 Å². The molecule has 0 saturated heterocycles. The van der Waals surface area contributed by atoms with Crippen LogP contribution in [0.25, 0.3) is 0 Å². The van der Waals surface area contributed by atoms with Crippen molar-refractivity contribution in [3.8, 4) is 11.7 Å². The number of nitrogens with zero attached hydrogens (tertiary/aromatic N) is 1. The molecule has 0 bridgehead atoms. The molecule has 0 radical (unpaired) electrons. The number of ketones is 1. The quantitative estimate of drug-likeness (QED) is 0.286. The van der Waals surface area contributed by atoms with Crippen LogP contribution in [-0.2, 0) is 0 Å². The zero-order chi connectivity index (χ0) is 20.2. The van der Waals surface area contributed by atoms with Gasteiger partial charge in [-0.1, -0.05) is 65.7 Å². The minimum absolute atomic E-state index is 0.0745. The van der Waals surface area contributed by atoms with Crippen LogP contribution in [0, 0.1) is 0 Å². The molecule has 1 heterocycles. The molecule has 0 unspecified atom stereocenters. The second-order valence-electron chi connectivity index (χ2n) is 6.73. The molecule has 0 spiro atoms. The smallest absolute Gasteiger partial charge is 0.351 e. The summed E-state index contributed by atoms with van der Waals surface area (Å²) in [5.74, 6) is -1.87. The number of carbonyl (C=O) groups is 1. The molecular formula is C21H33NO5. The Labute approximate surface area is 161 Å². The van der Waals surface area contributed by atoms with Crippen LogP contribution in [0.15, 0.2) is 14.2 Å². The molecule has 0 aromatic carbocycles. The standard InChI is InChI=1S/C21H33NO5/c1-4-7-8-9-10-11-12-13-14-22-15(5-2)17-19(24)18(16(23)6-3)21(26)27-20(17)25/h24,26H,4-14H2,1-3H3. The van der Waals surface area contributed by atoms with Crippen LogP contribution >= 0.6 is 0 Å². The van der Waals surface area contributed by atoms with E-state index >= 15 is 0 Å². The van der Waals surface area contributed by atoms with E-state index in [1.807, 2.05) is 6.92 Å². The molecule has 0 fully saturated rings. The van der Waals surface area contributed by atoms with E-state index < -0.39 is 23.1 Å². The van der Waals surface area contributed by atoms with Gasteiger partial charge in [0.25, 0.3) is 5.95 Å². The fraction of sp³-hybridized carbons (Fsp3) is 0.667. The van der Waals surface area contributed by atoms with E-state index in [-0.39, 0.29) is 17.5 Å². The summed E-state index contributed by atoms with van der Waals surface area (Å²) in [7, 11) is 0. The van der Waals surface area contributed by atoms with Crippen molar-refractivity contribution >= 4 is 11.5 Å². The number of carbonyl (C=O) groups excluding carboxylic acids is 1. The number of Topliss-reactive ketones (excluding diaryl/α,β-unsaturated/α-hetero) is 1. The van der Waals surface area contributed by atoms with E-state index in [4.69, 9.17) is 4.42 Å². The maximum Gasteiger partial charge on any atom is 0.351 e.